The molecule has 1 aromatic carbocycles. The minimum atomic E-state index is -1.31. The second-order valence-electron chi connectivity index (χ2n) is 5.40. The average molecular weight is 314 g/mol. The fraction of sp³-hybridized carbons (Fsp3) is 0.235. The number of benzene rings is 1. The van der Waals surface area contributed by atoms with Gasteiger partial charge in [0.15, 0.2) is 0 Å². The lowest BCUT2D eigenvalue weighted by molar-refractivity contribution is -0.116. The van der Waals surface area contributed by atoms with Crippen molar-refractivity contribution >= 4 is 17.6 Å². The van der Waals surface area contributed by atoms with E-state index in [0.717, 1.165) is 15.7 Å². The highest BCUT2D eigenvalue weighted by Crippen LogP contribution is 2.19. The first-order chi connectivity index (χ1) is 10.8. The number of amides is 1. The number of aromatic nitrogens is 1. The van der Waals surface area contributed by atoms with Crippen molar-refractivity contribution in [3.8, 4) is 0 Å². The number of aromatic carboxylic acids is 1. The van der Waals surface area contributed by atoms with E-state index in [1.807, 2.05) is 32.0 Å². The Bertz CT molecular complexity index is 817. The van der Waals surface area contributed by atoms with E-state index in [0.29, 0.717) is 11.4 Å². The molecule has 0 aliphatic rings. The highest BCUT2D eigenvalue weighted by atomic mass is 16.4. The molecule has 0 saturated heterocycles. The molecule has 0 spiro atoms. The maximum absolute atomic E-state index is 12.3. The van der Waals surface area contributed by atoms with Crippen LogP contribution in [0.2, 0.25) is 0 Å². The summed E-state index contributed by atoms with van der Waals surface area (Å²) >= 11 is 0. The van der Waals surface area contributed by atoms with Crippen molar-refractivity contribution in [2.45, 2.75) is 27.3 Å². The van der Waals surface area contributed by atoms with E-state index in [1.54, 1.807) is 6.92 Å². The van der Waals surface area contributed by atoms with Crippen LogP contribution >= 0.6 is 0 Å². The Morgan fingerprint density at radius 3 is 2.26 bits per heavy atom. The van der Waals surface area contributed by atoms with Crippen LogP contribution in [-0.2, 0) is 11.3 Å². The van der Waals surface area contributed by atoms with Crippen LogP contribution in [-0.4, -0.2) is 21.6 Å². The van der Waals surface area contributed by atoms with Crippen LogP contribution in [0.25, 0.3) is 0 Å². The SMILES string of the molecule is Cc1cccc(C)c1NC(=O)Cn1c(C)ccc(C(=O)O)c1=O. The van der Waals surface area contributed by atoms with Crippen LogP contribution in [0.4, 0.5) is 5.69 Å². The maximum Gasteiger partial charge on any atom is 0.341 e. The molecule has 2 rings (SSSR count). The molecular formula is C17H18N2O4. The van der Waals surface area contributed by atoms with Crippen molar-refractivity contribution in [1.29, 1.82) is 0 Å². The van der Waals surface area contributed by atoms with Gasteiger partial charge in [-0.15, -0.1) is 0 Å². The summed E-state index contributed by atoms with van der Waals surface area (Å²) in [4.78, 5) is 35.4. The van der Waals surface area contributed by atoms with Gasteiger partial charge in [0.25, 0.3) is 5.56 Å². The zero-order chi connectivity index (χ0) is 17.1. The van der Waals surface area contributed by atoms with E-state index in [9.17, 15) is 14.4 Å². The van der Waals surface area contributed by atoms with Crippen molar-refractivity contribution in [1.82, 2.24) is 4.57 Å². The van der Waals surface area contributed by atoms with Crippen molar-refractivity contribution in [2.75, 3.05) is 5.32 Å². The van der Waals surface area contributed by atoms with Crippen LogP contribution in [0.3, 0.4) is 0 Å². The summed E-state index contributed by atoms with van der Waals surface area (Å²) in [6.07, 6.45) is 0. The van der Waals surface area contributed by atoms with E-state index >= 15 is 0 Å². The Balaban J connectivity index is 2.29. The molecule has 1 heterocycles. The number of aryl methyl sites for hydroxylation is 3. The molecule has 0 aliphatic heterocycles. The molecule has 0 radical (unpaired) electrons. The van der Waals surface area contributed by atoms with Crippen molar-refractivity contribution in [3.63, 3.8) is 0 Å². The number of carbonyl (C=O) groups is 2. The number of para-hydroxylation sites is 1. The molecule has 0 atom stereocenters. The highest BCUT2D eigenvalue weighted by molar-refractivity contribution is 5.92. The van der Waals surface area contributed by atoms with E-state index in [1.165, 1.54) is 12.1 Å². The lowest BCUT2D eigenvalue weighted by atomic mass is 10.1. The molecule has 0 bridgehead atoms. The molecule has 2 N–H and O–H groups in total. The van der Waals surface area contributed by atoms with E-state index < -0.39 is 11.5 Å². The first-order valence-electron chi connectivity index (χ1n) is 7.11. The van der Waals surface area contributed by atoms with E-state index in [-0.39, 0.29) is 18.0 Å². The van der Waals surface area contributed by atoms with E-state index in [4.69, 9.17) is 5.11 Å². The normalized spacial score (nSPS) is 10.4. The standard InChI is InChI=1S/C17H18N2O4/c1-10-5-4-6-11(2)15(10)18-14(20)9-19-12(3)7-8-13(16(19)21)17(22)23/h4-8H,9H2,1-3H3,(H,18,20)(H,22,23). The second-order valence-corrected chi connectivity index (χ2v) is 5.40. The largest absolute Gasteiger partial charge is 0.477 e. The summed E-state index contributed by atoms with van der Waals surface area (Å²) in [5.74, 6) is -1.69. The lowest BCUT2D eigenvalue weighted by Gasteiger charge is -2.14. The number of pyridine rings is 1. The quantitative estimate of drug-likeness (QED) is 0.904. The number of nitrogens with zero attached hydrogens (tertiary/aromatic N) is 1. The third-order valence-electron chi connectivity index (χ3n) is 3.67. The fourth-order valence-electron chi connectivity index (χ4n) is 2.36. The first kappa shape index (κ1) is 16.5. The van der Waals surface area contributed by atoms with Gasteiger partial charge in [-0.3, -0.25) is 9.59 Å². The molecule has 23 heavy (non-hydrogen) atoms. The molecule has 1 aromatic heterocycles. The Labute approximate surface area is 133 Å². The Kier molecular flexibility index (Phi) is 4.64. The topological polar surface area (TPSA) is 88.4 Å². The molecular weight excluding hydrogens is 296 g/mol. The molecule has 0 aliphatic carbocycles. The summed E-state index contributed by atoms with van der Waals surface area (Å²) in [6, 6.07) is 8.42. The molecule has 6 nitrogen and oxygen atoms in total. The zero-order valence-corrected chi connectivity index (χ0v) is 13.2. The van der Waals surface area contributed by atoms with Crippen LogP contribution in [0.15, 0.2) is 35.1 Å². The van der Waals surface area contributed by atoms with Gasteiger partial charge in [0.05, 0.1) is 0 Å². The van der Waals surface area contributed by atoms with Gasteiger partial charge < -0.3 is 15.0 Å². The molecule has 0 saturated carbocycles. The summed E-state index contributed by atoms with van der Waals surface area (Å²) in [6.45, 7) is 5.18. The number of nitrogens with one attached hydrogen (secondary N) is 1. The second kappa shape index (κ2) is 6.48. The smallest absolute Gasteiger partial charge is 0.341 e. The van der Waals surface area contributed by atoms with Crippen LogP contribution in [0, 0.1) is 20.8 Å². The summed E-state index contributed by atoms with van der Waals surface area (Å²) < 4.78 is 1.16. The minimum absolute atomic E-state index is 0.237. The molecule has 120 valence electrons. The number of carbonyl (C=O) groups excluding carboxylic acids is 1. The average Bonchev–Trinajstić information content (AvgIpc) is 2.47. The Morgan fingerprint density at radius 1 is 1.09 bits per heavy atom. The molecule has 2 aromatic rings. The number of carboxylic acid groups (broad SMARTS) is 1. The Hall–Kier alpha value is -2.89. The minimum Gasteiger partial charge on any atom is -0.477 e. The lowest BCUT2D eigenvalue weighted by Crippen LogP contribution is -2.32. The third kappa shape index (κ3) is 3.48. The van der Waals surface area contributed by atoms with Gasteiger partial charge in [0.1, 0.15) is 12.1 Å². The van der Waals surface area contributed by atoms with E-state index in [2.05, 4.69) is 5.32 Å². The predicted molar refractivity (Wildman–Crippen MR) is 86.9 cm³/mol. The number of hydrogen-bond acceptors (Lipinski definition) is 3. The molecule has 0 unspecified atom stereocenters. The van der Waals surface area contributed by atoms with Crippen LogP contribution in [0.5, 0.6) is 0 Å². The third-order valence-corrected chi connectivity index (χ3v) is 3.67. The predicted octanol–water partition coefficient (Wildman–Crippen LogP) is 2.11. The van der Waals surface area contributed by atoms with Gasteiger partial charge in [0, 0.05) is 11.4 Å². The first-order valence-corrected chi connectivity index (χ1v) is 7.11. The molecule has 0 fully saturated rings. The molecule has 1 amide bonds. The zero-order valence-electron chi connectivity index (χ0n) is 13.2. The van der Waals surface area contributed by atoms with Gasteiger partial charge >= 0.3 is 5.97 Å². The fourth-order valence-corrected chi connectivity index (χ4v) is 2.36. The van der Waals surface area contributed by atoms with Crippen molar-refractivity contribution in [2.24, 2.45) is 0 Å². The van der Waals surface area contributed by atoms with Gasteiger partial charge in [-0.1, -0.05) is 18.2 Å². The summed E-state index contributed by atoms with van der Waals surface area (Å²) in [7, 11) is 0. The number of hydrogen-bond donors (Lipinski definition) is 2. The van der Waals surface area contributed by atoms with Gasteiger partial charge in [-0.05, 0) is 44.0 Å². The van der Waals surface area contributed by atoms with Crippen LogP contribution in [0.1, 0.15) is 27.2 Å². The number of anilines is 1. The summed E-state index contributed by atoms with van der Waals surface area (Å²) in [5.41, 5.74) is 2.03. The number of rotatable bonds is 4. The highest BCUT2D eigenvalue weighted by Gasteiger charge is 2.15. The van der Waals surface area contributed by atoms with Gasteiger partial charge in [0.2, 0.25) is 5.91 Å². The number of carboxylic acids is 1. The van der Waals surface area contributed by atoms with Crippen molar-refractivity contribution in [3.05, 3.63) is 63.1 Å². The van der Waals surface area contributed by atoms with Gasteiger partial charge in [-0.2, -0.15) is 0 Å². The van der Waals surface area contributed by atoms with Gasteiger partial charge in [-0.25, -0.2) is 4.79 Å². The van der Waals surface area contributed by atoms with Crippen LogP contribution < -0.4 is 10.9 Å². The van der Waals surface area contributed by atoms with Crippen molar-refractivity contribution < 1.29 is 14.7 Å². The monoisotopic (exact) mass is 314 g/mol. The summed E-state index contributed by atoms with van der Waals surface area (Å²) in [5, 5.41) is 11.8. The molecule has 6 heteroatoms. The maximum atomic E-state index is 12.3. The Morgan fingerprint density at radius 2 is 1.70 bits per heavy atom.